The van der Waals surface area contributed by atoms with Gasteiger partial charge in [0, 0.05) is 24.4 Å². The molecule has 1 aliphatic heterocycles. The number of fused-ring (bicyclic) bond motifs is 1. The maximum absolute atomic E-state index is 12.6. The number of hydrogen-bond acceptors (Lipinski definition) is 6. The number of halogens is 1. The van der Waals surface area contributed by atoms with Gasteiger partial charge in [-0.25, -0.2) is 0 Å². The van der Waals surface area contributed by atoms with E-state index in [2.05, 4.69) is 10.6 Å². The zero-order valence-corrected chi connectivity index (χ0v) is 16.5. The highest BCUT2D eigenvalue weighted by molar-refractivity contribution is 6.05. The first-order valence-corrected chi connectivity index (χ1v) is 8.79. The number of nitrogens with zero attached hydrogens (tertiary/aromatic N) is 2. The largest absolute Gasteiger partial charge is 0.482 e. The van der Waals surface area contributed by atoms with Crippen LogP contribution in [0.3, 0.4) is 0 Å². The predicted molar refractivity (Wildman–Crippen MR) is 111 cm³/mol. The summed E-state index contributed by atoms with van der Waals surface area (Å²) in [4.78, 5) is 36.5. The molecule has 0 fully saturated rings. The first kappa shape index (κ1) is 22.1. The zero-order valence-electron chi connectivity index (χ0n) is 15.7. The van der Waals surface area contributed by atoms with Crippen molar-refractivity contribution in [1.29, 1.82) is 0 Å². The Morgan fingerprint density at radius 2 is 2.03 bits per heavy atom. The number of carbonyl (C=O) groups excluding carboxylic acids is 2. The highest BCUT2D eigenvalue weighted by atomic mass is 35.5. The van der Waals surface area contributed by atoms with Crippen molar-refractivity contribution in [3.8, 4) is 5.75 Å². The number of anilines is 2. The Bertz CT molecular complexity index is 921. The number of ether oxygens (including phenoxy) is 1. The smallest absolute Gasteiger partial charge is 0.271 e. The maximum atomic E-state index is 12.6. The van der Waals surface area contributed by atoms with Crippen LogP contribution < -0.4 is 20.3 Å². The molecule has 0 saturated heterocycles. The molecule has 1 heterocycles. The quantitative estimate of drug-likeness (QED) is 0.525. The van der Waals surface area contributed by atoms with Crippen LogP contribution in [0.5, 0.6) is 5.75 Å². The summed E-state index contributed by atoms with van der Waals surface area (Å²) in [5.74, 6) is -0.522. The normalized spacial score (nSPS) is 12.4. The second-order valence-electron chi connectivity index (χ2n) is 6.16. The molecule has 0 aliphatic carbocycles. The third-order valence-electron chi connectivity index (χ3n) is 4.25. The van der Waals surface area contributed by atoms with E-state index in [9.17, 15) is 19.7 Å². The molecule has 0 saturated carbocycles. The van der Waals surface area contributed by atoms with E-state index in [-0.39, 0.29) is 36.9 Å². The Labute approximate surface area is 173 Å². The van der Waals surface area contributed by atoms with Gasteiger partial charge in [-0.3, -0.25) is 24.6 Å². The molecule has 10 heteroatoms. The summed E-state index contributed by atoms with van der Waals surface area (Å²) >= 11 is 0. The molecule has 0 atom stereocenters. The summed E-state index contributed by atoms with van der Waals surface area (Å²) in [5.41, 5.74) is 1.59. The average Bonchev–Trinajstić information content (AvgIpc) is 2.69. The van der Waals surface area contributed by atoms with Crippen LogP contribution in [0.4, 0.5) is 17.1 Å². The third-order valence-corrected chi connectivity index (χ3v) is 4.25. The number of nitro benzene ring substituents is 1. The van der Waals surface area contributed by atoms with Crippen LogP contribution in [-0.4, -0.2) is 36.4 Å². The van der Waals surface area contributed by atoms with Gasteiger partial charge in [-0.1, -0.05) is 25.1 Å². The first-order valence-electron chi connectivity index (χ1n) is 8.79. The molecule has 0 radical (unpaired) electrons. The van der Waals surface area contributed by atoms with Gasteiger partial charge in [0.1, 0.15) is 12.3 Å². The van der Waals surface area contributed by atoms with Gasteiger partial charge in [-0.05, 0) is 24.2 Å². The maximum Gasteiger partial charge on any atom is 0.271 e. The van der Waals surface area contributed by atoms with Gasteiger partial charge in [-0.15, -0.1) is 12.4 Å². The molecule has 0 spiro atoms. The fourth-order valence-corrected chi connectivity index (χ4v) is 2.87. The highest BCUT2D eigenvalue weighted by Gasteiger charge is 2.29. The van der Waals surface area contributed by atoms with Gasteiger partial charge in [-0.2, -0.15) is 0 Å². The molecule has 154 valence electrons. The van der Waals surface area contributed by atoms with E-state index in [0.717, 1.165) is 12.1 Å². The number of rotatable bonds is 7. The van der Waals surface area contributed by atoms with E-state index < -0.39 is 16.7 Å². The number of amides is 2. The molecule has 1 aliphatic rings. The van der Waals surface area contributed by atoms with Crippen molar-refractivity contribution in [2.45, 2.75) is 13.5 Å². The lowest BCUT2D eigenvalue weighted by atomic mass is 10.1. The van der Waals surface area contributed by atoms with Crippen molar-refractivity contribution in [3.63, 3.8) is 0 Å². The van der Waals surface area contributed by atoms with Crippen molar-refractivity contribution in [1.82, 2.24) is 5.32 Å². The van der Waals surface area contributed by atoms with Crippen LogP contribution in [0.15, 0.2) is 42.5 Å². The van der Waals surface area contributed by atoms with Crippen LogP contribution in [0.2, 0.25) is 0 Å². The van der Waals surface area contributed by atoms with E-state index in [1.165, 1.54) is 23.1 Å². The van der Waals surface area contributed by atoms with Crippen molar-refractivity contribution in [2.24, 2.45) is 0 Å². The Kier molecular flexibility index (Phi) is 7.52. The van der Waals surface area contributed by atoms with Gasteiger partial charge >= 0.3 is 0 Å². The van der Waals surface area contributed by atoms with Crippen molar-refractivity contribution < 1.29 is 19.2 Å². The lowest BCUT2D eigenvalue weighted by Gasteiger charge is -2.28. The van der Waals surface area contributed by atoms with E-state index in [0.29, 0.717) is 18.0 Å². The van der Waals surface area contributed by atoms with Gasteiger partial charge in [0.25, 0.3) is 11.6 Å². The Morgan fingerprint density at radius 3 is 2.76 bits per heavy atom. The number of hydrogen-bond donors (Lipinski definition) is 2. The summed E-state index contributed by atoms with van der Waals surface area (Å²) in [5, 5.41) is 17.0. The highest BCUT2D eigenvalue weighted by Crippen LogP contribution is 2.35. The molecule has 0 unspecified atom stereocenters. The van der Waals surface area contributed by atoms with Crippen LogP contribution in [0, 0.1) is 10.1 Å². The number of non-ortho nitro benzene ring substituents is 1. The molecular weight excluding hydrogens is 400 g/mol. The lowest BCUT2D eigenvalue weighted by Crippen LogP contribution is -2.43. The van der Waals surface area contributed by atoms with E-state index in [1.807, 2.05) is 25.1 Å². The van der Waals surface area contributed by atoms with E-state index in [4.69, 9.17) is 4.74 Å². The zero-order chi connectivity index (χ0) is 20.1. The van der Waals surface area contributed by atoms with Gasteiger partial charge in [0.2, 0.25) is 5.91 Å². The Balaban J connectivity index is 0.00000300. The third kappa shape index (κ3) is 5.21. The molecule has 0 aromatic heterocycles. The average molecular weight is 421 g/mol. The van der Waals surface area contributed by atoms with Crippen molar-refractivity contribution in [3.05, 3.63) is 58.1 Å². The number of para-hydroxylation sites is 1. The second kappa shape index (κ2) is 9.85. The Hall–Kier alpha value is -3.17. The summed E-state index contributed by atoms with van der Waals surface area (Å²) in [6, 6.07) is 11.3. The summed E-state index contributed by atoms with van der Waals surface area (Å²) < 4.78 is 5.31. The predicted octanol–water partition coefficient (Wildman–Crippen LogP) is 2.49. The minimum atomic E-state index is -0.561. The monoisotopic (exact) mass is 420 g/mol. The summed E-state index contributed by atoms with van der Waals surface area (Å²) in [7, 11) is 0. The molecular formula is C19H21ClN4O5. The van der Waals surface area contributed by atoms with Gasteiger partial charge in [0.05, 0.1) is 10.6 Å². The number of benzene rings is 2. The standard InChI is InChI=1S/C19H20N4O5.ClH/c1-2-20-10-13-5-3-4-6-15(13)21-18(24)11-22-16-9-14(23(26)27)7-8-17(16)28-12-19(22)25;/h3-9,20H,2,10-12H2,1H3,(H,21,24);1H. The molecule has 2 N–H and O–H groups in total. The fraction of sp³-hybridized carbons (Fsp3) is 0.263. The topological polar surface area (TPSA) is 114 Å². The number of nitrogens with one attached hydrogen (secondary N) is 2. The van der Waals surface area contributed by atoms with Crippen molar-refractivity contribution >= 4 is 41.3 Å². The fourth-order valence-electron chi connectivity index (χ4n) is 2.87. The molecule has 2 aromatic carbocycles. The van der Waals surface area contributed by atoms with Crippen LogP contribution >= 0.6 is 12.4 Å². The summed E-state index contributed by atoms with van der Waals surface area (Å²) in [6.07, 6.45) is 0. The van der Waals surface area contributed by atoms with Crippen LogP contribution in [0.1, 0.15) is 12.5 Å². The number of nitro groups is 1. The second-order valence-corrected chi connectivity index (χ2v) is 6.16. The molecule has 3 rings (SSSR count). The number of carbonyl (C=O) groups is 2. The van der Waals surface area contributed by atoms with Crippen LogP contribution in [-0.2, 0) is 16.1 Å². The SMILES string of the molecule is CCNCc1ccccc1NC(=O)CN1C(=O)COc2ccc([N+](=O)[O-])cc21.Cl. The van der Waals surface area contributed by atoms with E-state index >= 15 is 0 Å². The molecule has 29 heavy (non-hydrogen) atoms. The Morgan fingerprint density at radius 1 is 1.28 bits per heavy atom. The minimum absolute atomic E-state index is 0. The first-order chi connectivity index (χ1) is 13.5. The van der Waals surface area contributed by atoms with Crippen molar-refractivity contribution in [2.75, 3.05) is 29.9 Å². The molecule has 2 aromatic rings. The lowest BCUT2D eigenvalue weighted by molar-refractivity contribution is -0.384. The van der Waals surface area contributed by atoms with Gasteiger partial charge in [0.15, 0.2) is 6.61 Å². The molecule has 0 bridgehead atoms. The van der Waals surface area contributed by atoms with Gasteiger partial charge < -0.3 is 15.4 Å². The summed E-state index contributed by atoms with van der Waals surface area (Å²) in [6.45, 7) is 2.88. The minimum Gasteiger partial charge on any atom is -0.482 e. The van der Waals surface area contributed by atoms with Crippen LogP contribution in [0.25, 0.3) is 0 Å². The van der Waals surface area contributed by atoms with E-state index in [1.54, 1.807) is 6.07 Å². The molecule has 9 nitrogen and oxygen atoms in total. The molecule has 2 amide bonds.